The van der Waals surface area contributed by atoms with Crippen molar-refractivity contribution in [3.8, 4) is 0 Å². The number of benzene rings is 1. The van der Waals surface area contributed by atoms with Crippen LogP contribution in [0.2, 0.25) is 0 Å². The molecule has 19 heavy (non-hydrogen) atoms. The molecule has 3 N–H and O–H groups in total. The first-order chi connectivity index (χ1) is 8.84. The highest BCUT2D eigenvalue weighted by Gasteiger charge is 2.29. The summed E-state index contributed by atoms with van der Waals surface area (Å²) in [5.41, 5.74) is 6.97. The predicted octanol–water partition coefficient (Wildman–Crippen LogP) is 1.05. The van der Waals surface area contributed by atoms with E-state index in [2.05, 4.69) is 0 Å². The van der Waals surface area contributed by atoms with Crippen LogP contribution in [0.5, 0.6) is 0 Å². The molecule has 0 saturated heterocycles. The van der Waals surface area contributed by atoms with E-state index in [1.807, 2.05) is 4.72 Å². The zero-order valence-corrected chi connectivity index (χ0v) is 11.1. The Morgan fingerprint density at radius 3 is 2.63 bits per heavy atom. The molecular weight excluding hydrogens is 274 g/mol. The standard InChI is InChI=1S/C12H16F2N2O2S/c13-12(14,7-15)8-16-19(17,18)11-5-4-9-2-1-3-10(9)6-11/h4-6,16H,1-3,7-8,15H2. The molecule has 1 aromatic carbocycles. The van der Waals surface area contributed by atoms with Gasteiger partial charge in [-0.25, -0.2) is 21.9 Å². The molecule has 7 heteroatoms. The van der Waals surface area contributed by atoms with Gasteiger partial charge in [-0.05, 0) is 42.5 Å². The van der Waals surface area contributed by atoms with Crippen molar-refractivity contribution in [3.63, 3.8) is 0 Å². The van der Waals surface area contributed by atoms with Crippen molar-refractivity contribution in [3.05, 3.63) is 29.3 Å². The van der Waals surface area contributed by atoms with Crippen molar-refractivity contribution in [1.29, 1.82) is 0 Å². The van der Waals surface area contributed by atoms with Gasteiger partial charge in [0.2, 0.25) is 10.0 Å². The Bertz CT molecular complexity index is 573. The fraction of sp³-hybridized carbons (Fsp3) is 0.500. The van der Waals surface area contributed by atoms with Crippen LogP contribution in [0, 0.1) is 0 Å². The average molecular weight is 290 g/mol. The molecule has 1 aliphatic carbocycles. The van der Waals surface area contributed by atoms with Crippen LogP contribution in [0.1, 0.15) is 17.5 Å². The number of rotatable bonds is 5. The molecule has 1 aromatic rings. The molecule has 0 aromatic heterocycles. The van der Waals surface area contributed by atoms with Gasteiger partial charge in [0.05, 0.1) is 18.0 Å². The first kappa shape index (κ1) is 14.4. The summed E-state index contributed by atoms with van der Waals surface area (Å²) in [5, 5.41) is 0. The van der Waals surface area contributed by atoms with Gasteiger partial charge in [0.15, 0.2) is 0 Å². The minimum atomic E-state index is -3.91. The third-order valence-corrected chi connectivity index (χ3v) is 4.60. The molecule has 4 nitrogen and oxygen atoms in total. The van der Waals surface area contributed by atoms with Gasteiger partial charge in [0.1, 0.15) is 0 Å². The van der Waals surface area contributed by atoms with Crippen molar-refractivity contribution in [2.45, 2.75) is 30.1 Å². The lowest BCUT2D eigenvalue weighted by molar-refractivity contribution is 0.0170. The molecule has 0 amide bonds. The molecule has 0 radical (unpaired) electrons. The molecule has 0 saturated carbocycles. The molecule has 0 heterocycles. The number of hydrogen-bond acceptors (Lipinski definition) is 3. The number of nitrogens with two attached hydrogens (primary N) is 1. The topological polar surface area (TPSA) is 72.2 Å². The smallest absolute Gasteiger partial charge is 0.273 e. The molecule has 0 atom stereocenters. The van der Waals surface area contributed by atoms with Gasteiger partial charge >= 0.3 is 0 Å². The fourth-order valence-corrected chi connectivity index (χ4v) is 3.18. The Hall–Kier alpha value is -1.05. The Morgan fingerprint density at radius 2 is 1.95 bits per heavy atom. The molecule has 0 aliphatic heterocycles. The molecular formula is C12H16F2N2O2S. The van der Waals surface area contributed by atoms with Crippen molar-refractivity contribution in [2.75, 3.05) is 13.1 Å². The van der Waals surface area contributed by atoms with Crippen molar-refractivity contribution in [2.24, 2.45) is 5.73 Å². The number of halogens is 2. The quantitative estimate of drug-likeness (QED) is 0.851. The van der Waals surface area contributed by atoms with E-state index < -0.39 is 29.0 Å². The molecule has 0 bridgehead atoms. The van der Waals surface area contributed by atoms with Crippen LogP contribution in [0.15, 0.2) is 23.1 Å². The summed E-state index contributed by atoms with van der Waals surface area (Å²) in [5.74, 6) is -3.23. The summed E-state index contributed by atoms with van der Waals surface area (Å²) < 4.78 is 51.7. The first-order valence-corrected chi connectivity index (χ1v) is 7.52. The third kappa shape index (κ3) is 3.29. The summed E-state index contributed by atoms with van der Waals surface area (Å²) in [6, 6.07) is 4.76. The van der Waals surface area contributed by atoms with Crippen LogP contribution >= 0.6 is 0 Å². The minimum absolute atomic E-state index is 0.0287. The lowest BCUT2D eigenvalue weighted by Crippen LogP contribution is -2.41. The van der Waals surface area contributed by atoms with Crippen LogP contribution in [0.25, 0.3) is 0 Å². The lowest BCUT2D eigenvalue weighted by atomic mass is 10.1. The third-order valence-electron chi connectivity index (χ3n) is 3.20. The number of alkyl halides is 2. The molecule has 106 valence electrons. The van der Waals surface area contributed by atoms with E-state index in [0.717, 1.165) is 30.4 Å². The zero-order valence-electron chi connectivity index (χ0n) is 10.3. The second kappa shape index (κ2) is 5.15. The van der Waals surface area contributed by atoms with Gasteiger partial charge < -0.3 is 5.73 Å². The number of sulfonamides is 1. The van der Waals surface area contributed by atoms with E-state index in [1.165, 1.54) is 6.07 Å². The van der Waals surface area contributed by atoms with E-state index in [4.69, 9.17) is 5.73 Å². The summed E-state index contributed by atoms with van der Waals surface area (Å²) in [7, 11) is -3.91. The van der Waals surface area contributed by atoms with Gasteiger partial charge in [-0.3, -0.25) is 0 Å². The predicted molar refractivity (Wildman–Crippen MR) is 67.7 cm³/mol. The Morgan fingerprint density at radius 1 is 1.26 bits per heavy atom. The summed E-state index contributed by atoms with van der Waals surface area (Å²) in [4.78, 5) is 0.0287. The maximum Gasteiger partial charge on any atom is 0.273 e. The van der Waals surface area contributed by atoms with E-state index >= 15 is 0 Å². The van der Waals surface area contributed by atoms with Gasteiger partial charge in [0, 0.05) is 0 Å². The first-order valence-electron chi connectivity index (χ1n) is 6.03. The van der Waals surface area contributed by atoms with E-state index in [9.17, 15) is 17.2 Å². The average Bonchev–Trinajstić information content (AvgIpc) is 2.84. The maximum atomic E-state index is 13.0. The highest BCUT2D eigenvalue weighted by atomic mass is 32.2. The van der Waals surface area contributed by atoms with Gasteiger partial charge in [-0.15, -0.1) is 0 Å². The number of nitrogens with one attached hydrogen (secondary N) is 1. The molecule has 0 spiro atoms. The molecule has 2 rings (SSSR count). The summed E-state index contributed by atoms with van der Waals surface area (Å²) in [6.07, 6.45) is 2.77. The largest absolute Gasteiger partial charge is 0.325 e. The number of aryl methyl sites for hydroxylation is 2. The van der Waals surface area contributed by atoms with Gasteiger partial charge in [0.25, 0.3) is 5.92 Å². The number of hydrogen-bond donors (Lipinski definition) is 2. The van der Waals surface area contributed by atoms with Crippen LogP contribution < -0.4 is 10.5 Å². The van der Waals surface area contributed by atoms with Crippen molar-refractivity contribution < 1.29 is 17.2 Å². The van der Waals surface area contributed by atoms with Crippen LogP contribution in [-0.2, 0) is 22.9 Å². The zero-order chi connectivity index (χ0) is 14.1. The molecule has 0 unspecified atom stereocenters. The molecule has 0 fully saturated rings. The van der Waals surface area contributed by atoms with Gasteiger partial charge in [-0.1, -0.05) is 6.07 Å². The lowest BCUT2D eigenvalue weighted by Gasteiger charge is -2.15. The van der Waals surface area contributed by atoms with Crippen molar-refractivity contribution >= 4 is 10.0 Å². The molecule has 1 aliphatic rings. The second-order valence-electron chi connectivity index (χ2n) is 4.67. The summed E-state index contributed by atoms with van der Waals surface area (Å²) in [6.45, 7) is -1.87. The normalized spacial score (nSPS) is 15.5. The van der Waals surface area contributed by atoms with E-state index in [0.29, 0.717) is 0 Å². The Labute approximate surface area is 111 Å². The van der Waals surface area contributed by atoms with E-state index in [-0.39, 0.29) is 4.90 Å². The monoisotopic (exact) mass is 290 g/mol. The fourth-order valence-electron chi connectivity index (χ4n) is 2.07. The highest BCUT2D eigenvalue weighted by Crippen LogP contribution is 2.24. The Balaban J connectivity index is 2.16. The maximum absolute atomic E-state index is 13.0. The Kier molecular flexibility index (Phi) is 3.89. The summed E-state index contributed by atoms with van der Waals surface area (Å²) >= 11 is 0. The minimum Gasteiger partial charge on any atom is -0.325 e. The van der Waals surface area contributed by atoms with Crippen molar-refractivity contribution in [1.82, 2.24) is 4.72 Å². The second-order valence-corrected chi connectivity index (χ2v) is 6.44. The SMILES string of the molecule is NCC(F)(F)CNS(=O)(=O)c1ccc2c(c1)CCC2. The number of fused-ring (bicyclic) bond motifs is 1. The van der Waals surface area contributed by atoms with E-state index in [1.54, 1.807) is 12.1 Å². The highest BCUT2D eigenvalue weighted by molar-refractivity contribution is 7.89. The van der Waals surface area contributed by atoms with Gasteiger partial charge in [-0.2, -0.15) is 0 Å². The van der Waals surface area contributed by atoms with Crippen LogP contribution in [-0.4, -0.2) is 27.4 Å². The van der Waals surface area contributed by atoms with Crippen LogP contribution in [0.4, 0.5) is 8.78 Å². The van der Waals surface area contributed by atoms with Crippen LogP contribution in [0.3, 0.4) is 0 Å².